The van der Waals surface area contributed by atoms with Crippen LogP contribution in [0.2, 0.25) is 0 Å². The van der Waals surface area contributed by atoms with Crippen LogP contribution in [0.1, 0.15) is 16.1 Å². The van der Waals surface area contributed by atoms with Gasteiger partial charge in [-0.15, -0.1) is 5.10 Å². The number of nitrogens with zero attached hydrogens (tertiary/aromatic N) is 7. The Kier molecular flexibility index (Phi) is 4.77. The Morgan fingerprint density at radius 3 is 2.69 bits per heavy atom. The largest absolute Gasteiger partial charge is 0.465 e. The van der Waals surface area contributed by atoms with E-state index in [1.807, 2.05) is 25.3 Å². The summed E-state index contributed by atoms with van der Waals surface area (Å²) in [5.74, 6) is 0.0484. The molecule has 3 aromatic heterocycles. The van der Waals surface area contributed by atoms with Gasteiger partial charge in [0.05, 0.1) is 29.8 Å². The number of fused-ring (bicyclic) bond motifs is 2. The van der Waals surface area contributed by atoms with E-state index in [4.69, 9.17) is 0 Å². The van der Waals surface area contributed by atoms with Crippen molar-refractivity contribution in [1.29, 1.82) is 0 Å². The van der Waals surface area contributed by atoms with Crippen molar-refractivity contribution in [2.75, 3.05) is 36.4 Å². The van der Waals surface area contributed by atoms with Crippen LogP contribution in [-0.4, -0.2) is 72.8 Å². The number of anilines is 2. The van der Waals surface area contributed by atoms with Crippen LogP contribution < -0.4 is 10.2 Å². The first-order valence-corrected chi connectivity index (χ1v) is 10.1. The average molecular weight is 432 g/mol. The zero-order valence-corrected chi connectivity index (χ0v) is 17.3. The first-order chi connectivity index (χ1) is 15.5. The van der Waals surface area contributed by atoms with Gasteiger partial charge in [0.2, 0.25) is 0 Å². The standard InChI is InChI=1S/C21H20N8O3/c1-13-11-29-12-17(22-10-18(29)24-13)25-20(30)15-2-3-16(14-4-5-23-26-19(14)15)27-6-8-28(9-7-27)21(31)32/h2-5,10-12H,6-9H2,1H3,(H,25,30)(H,31,32). The Bertz CT molecular complexity index is 1340. The number of rotatable bonds is 3. The third-order valence-electron chi connectivity index (χ3n) is 5.50. The Labute approximate surface area is 182 Å². The predicted molar refractivity (Wildman–Crippen MR) is 117 cm³/mol. The molecule has 0 unspecified atom stereocenters. The zero-order chi connectivity index (χ0) is 22.2. The lowest BCUT2D eigenvalue weighted by Gasteiger charge is -2.35. The van der Waals surface area contributed by atoms with Gasteiger partial charge in [-0.2, -0.15) is 5.10 Å². The number of amides is 2. The number of nitrogens with one attached hydrogen (secondary N) is 1. The van der Waals surface area contributed by atoms with Gasteiger partial charge in [-0.05, 0) is 25.1 Å². The minimum Gasteiger partial charge on any atom is -0.465 e. The molecule has 1 aromatic carbocycles. The summed E-state index contributed by atoms with van der Waals surface area (Å²) in [7, 11) is 0. The van der Waals surface area contributed by atoms with Crippen molar-refractivity contribution in [2.24, 2.45) is 0 Å². The van der Waals surface area contributed by atoms with Crippen LogP contribution in [0, 0.1) is 6.92 Å². The van der Waals surface area contributed by atoms with Gasteiger partial charge < -0.3 is 24.6 Å². The molecule has 1 fully saturated rings. The van der Waals surface area contributed by atoms with E-state index in [2.05, 4.69) is 30.4 Å². The molecule has 5 rings (SSSR count). The fourth-order valence-corrected chi connectivity index (χ4v) is 3.94. The van der Waals surface area contributed by atoms with Crippen LogP contribution in [0.3, 0.4) is 0 Å². The average Bonchev–Trinajstić information content (AvgIpc) is 3.17. The molecule has 2 N–H and O–H groups in total. The summed E-state index contributed by atoms with van der Waals surface area (Å²) in [4.78, 5) is 36.3. The third-order valence-corrected chi connectivity index (χ3v) is 5.50. The topological polar surface area (TPSA) is 129 Å². The Hall–Kier alpha value is -4.28. The fourth-order valence-electron chi connectivity index (χ4n) is 3.94. The summed E-state index contributed by atoms with van der Waals surface area (Å²) >= 11 is 0. The summed E-state index contributed by atoms with van der Waals surface area (Å²) in [6.45, 7) is 3.84. The second-order valence-corrected chi connectivity index (χ2v) is 7.56. The SMILES string of the molecule is Cc1cn2cc(NC(=O)c3ccc(N4CCN(C(=O)O)CC4)c4ccnnc34)ncc2n1. The number of carbonyl (C=O) groups excluding carboxylic acids is 1. The Morgan fingerprint density at radius 2 is 1.91 bits per heavy atom. The maximum Gasteiger partial charge on any atom is 0.407 e. The molecule has 0 aliphatic carbocycles. The summed E-state index contributed by atoms with van der Waals surface area (Å²) in [6, 6.07) is 5.40. The van der Waals surface area contributed by atoms with Gasteiger partial charge in [0, 0.05) is 43.4 Å². The second-order valence-electron chi connectivity index (χ2n) is 7.56. The van der Waals surface area contributed by atoms with Crippen molar-refractivity contribution in [3.8, 4) is 0 Å². The number of aromatic nitrogens is 5. The number of aryl methyl sites for hydroxylation is 1. The number of imidazole rings is 1. The number of piperazine rings is 1. The minimum absolute atomic E-state index is 0.346. The highest BCUT2D eigenvalue weighted by molar-refractivity contribution is 6.13. The number of carboxylic acid groups (broad SMARTS) is 1. The molecule has 1 aliphatic heterocycles. The summed E-state index contributed by atoms with van der Waals surface area (Å²) in [5.41, 5.74) is 3.30. The van der Waals surface area contributed by atoms with Crippen LogP contribution in [0.5, 0.6) is 0 Å². The van der Waals surface area contributed by atoms with Gasteiger partial charge in [0.25, 0.3) is 5.91 Å². The number of hydrogen-bond donors (Lipinski definition) is 2. The lowest BCUT2D eigenvalue weighted by Crippen LogP contribution is -2.48. The first kappa shape index (κ1) is 19.7. The van der Waals surface area contributed by atoms with Gasteiger partial charge in [0.15, 0.2) is 5.65 Å². The van der Waals surface area contributed by atoms with Gasteiger partial charge in [-0.25, -0.2) is 14.8 Å². The highest BCUT2D eigenvalue weighted by Crippen LogP contribution is 2.29. The molecule has 11 nitrogen and oxygen atoms in total. The van der Waals surface area contributed by atoms with Crippen molar-refractivity contribution in [1.82, 2.24) is 29.5 Å². The molecule has 162 valence electrons. The minimum atomic E-state index is -0.912. The van der Waals surface area contributed by atoms with E-state index in [0.717, 1.165) is 16.8 Å². The van der Waals surface area contributed by atoms with Gasteiger partial charge in [-0.1, -0.05) is 0 Å². The van der Waals surface area contributed by atoms with E-state index in [9.17, 15) is 14.7 Å². The summed E-state index contributed by atoms with van der Waals surface area (Å²) in [6.07, 6.45) is 5.83. The van der Waals surface area contributed by atoms with Crippen LogP contribution in [0.4, 0.5) is 16.3 Å². The molecule has 0 atom stereocenters. The van der Waals surface area contributed by atoms with E-state index in [-0.39, 0.29) is 5.91 Å². The monoisotopic (exact) mass is 432 g/mol. The Balaban J connectivity index is 1.43. The second kappa shape index (κ2) is 7.76. The van der Waals surface area contributed by atoms with E-state index < -0.39 is 6.09 Å². The van der Waals surface area contributed by atoms with E-state index in [0.29, 0.717) is 48.7 Å². The summed E-state index contributed by atoms with van der Waals surface area (Å²) in [5, 5.41) is 21.0. The van der Waals surface area contributed by atoms with Gasteiger partial charge in [0.1, 0.15) is 11.3 Å². The highest BCUT2D eigenvalue weighted by atomic mass is 16.4. The maximum absolute atomic E-state index is 13.0. The van der Waals surface area contributed by atoms with Crippen LogP contribution in [0.15, 0.2) is 43.0 Å². The number of carbonyl (C=O) groups is 2. The number of hydrogen-bond acceptors (Lipinski definition) is 7. The zero-order valence-electron chi connectivity index (χ0n) is 17.3. The lowest BCUT2D eigenvalue weighted by atomic mass is 10.1. The first-order valence-electron chi connectivity index (χ1n) is 10.1. The van der Waals surface area contributed by atoms with E-state index >= 15 is 0 Å². The lowest BCUT2D eigenvalue weighted by molar-refractivity contribution is 0.102. The number of benzene rings is 1. The molecule has 32 heavy (non-hydrogen) atoms. The van der Waals surface area contributed by atoms with E-state index in [1.54, 1.807) is 29.1 Å². The van der Waals surface area contributed by atoms with Gasteiger partial charge in [-0.3, -0.25) is 4.79 Å². The normalized spacial score (nSPS) is 14.2. The fraction of sp³-hybridized carbons (Fsp3) is 0.238. The molecule has 11 heteroatoms. The van der Waals surface area contributed by atoms with E-state index in [1.165, 1.54) is 4.90 Å². The van der Waals surface area contributed by atoms with Crippen molar-refractivity contribution in [2.45, 2.75) is 6.92 Å². The van der Waals surface area contributed by atoms with Gasteiger partial charge >= 0.3 is 6.09 Å². The molecule has 4 heterocycles. The van der Waals surface area contributed by atoms with Crippen molar-refractivity contribution in [3.05, 3.63) is 54.2 Å². The third kappa shape index (κ3) is 3.53. The molecule has 0 spiro atoms. The summed E-state index contributed by atoms with van der Waals surface area (Å²) < 4.78 is 1.80. The molecule has 2 amide bonds. The molecular weight excluding hydrogens is 412 g/mol. The van der Waals surface area contributed by atoms with Crippen LogP contribution in [0.25, 0.3) is 16.6 Å². The molecule has 0 radical (unpaired) electrons. The quantitative estimate of drug-likeness (QED) is 0.503. The molecule has 0 bridgehead atoms. The van der Waals surface area contributed by atoms with Crippen molar-refractivity contribution in [3.63, 3.8) is 0 Å². The molecule has 1 aliphatic rings. The highest BCUT2D eigenvalue weighted by Gasteiger charge is 2.23. The molecule has 0 saturated carbocycles. The maximum atomic E-state index is 13.0. The Morgan fingerprint density at radius 1 is 1.09 bits per heavy atom. The smallest absolute Gasteiger partial charge is 0.407 e. The molecule has 4 aromatic rings. The molecular formula is C21H20N8O3. The van der Waals surface area contributed by atoms with Crippen molar-refractivity contribution >= 4 is 40.1 Å². The molecule has 1 saturated heterocycles. The van der Waals surface area contributed by atoms with Crippen molar-refractivity contribution < 1.29 is 14.7 Å². The van der Waals surface area contributed by atoms with Crippen LogP contribution >= 0.6 is 0 Å². The van der Waals surface area contributed by atoms with Crippen LogP contribution in [-0.2, 0) is 0 Å². The predicted octanol–water partition coefficient (Wildman–Crippen LogP) is 2.03.